The number of amides is 1. The lowest BCUT2D eigenvalue weighted by Crippen LogP contribution is -2.39. The number of piperidine rings is 1. The number of likely N-dealkylation sites (tertiary alicyclic amines) is 1. The van der Waals surface area contributed by atoms with Gasteiger partial charge in [-0.15, -0.1) is 0 Å². The molecule has 0 aliphatic carbocycles. The minimum atomic E-state index is -4.48. The normalized spacial score (nSPS) is 19.1. The summed E-state index contributed by atoms with van der Waals surface area (Å²) in [5, 5.41) is 5.85. The van der Waals surface area contributed by atoms with Crippen LogP contribution >= 0.6 is 11.6 Å². The summed E-state index contributed by atoms with van der Waals surface area (Å²) in [7, 11) is 0. The predicted octanol–water partition coefficient (Wildman–Crippen LogP) is 3.69. The molecule has 0 aromatic carbocycles. The van der Waals surface area contributed by atoms with Crippen molar-refractivity contribution in [3.63, 3.8) is 0 Å². The highest BCUT2D eigenvalue weighted by molar-refractivity contribution is 6.29. The standard InChI is InChI=1S/C14H13ClF3N3O2/c15-12-4-3-10(23-12)13(22)21-5-1-2-8(7-21)9-6-11(20-19-9)14(16,17)18/h3-4,6,8H,1-2,5,7H2,(H,19,20)/t8-/m0/s1. The third-order valence-electron chi connectivity index (χ3n) is 3.82. The van der Waals surface area contributed by atoms with Gasteiger partial charge in [-0.2, -0.15) is 18.3 Å². The van der Waals surface area contributed by atoms with Gasteiger partial charge in [-0.25, -0.2) is 0 Å². The number of carbonyl (C=O) groups is 1. The van der Waals surface area contributed by atoms with E-state index in [1.54, 1.807) is 4.90 Å². The van der Waals surface area contributed by atoms with Gasteiger partial charge in [0.1, 0.15) is 0 Å². The number of carbonyl (C=O) groups excluding carboxylic acids is 1. The summed E-state index contributed by atoms with van der Waals surface area (Å²) < 4.78 is 43.0. The van der Waals surface area contributed by atoms with E-state index in [0.717, 1.165) is 6.07 Å². The molecule has 1 fully saturated rings. The highest BCUT2D eigenvalue weighted by atomic mass is 35.5. The first-order chi connectivity index (χ1) is 10.8. The Morgan fingerprint density at radius 3 is 2.83 bits per heavy atom. The number of alkyl halides is 3. The van der Waals surface area contributed by atoms with Crippen LogP contribution in [0.5, 0.6) is 0 Å². The van der Waals surface area contributed by atoms with Crippen molar-refractivity contribution in [1.29, 1.82) is 0 Å². The Bertz CT molecular complexity index is 710. The molecule has 23 heavy (non-hydrogen) atoms. The SMILES string of the molecule is O=C(c1ccc(Cl)o1)N1CCC[C@H](c2cc(C(F)(F)F)n[nH]2)C1. The average Bonchev–Trinajstić information content (AvgIpc) is 3.15. The summed E-state index contributed by atoms with van der Waals surface area (Å²) in [6.45, 7) is 0.824. The van der Waals surface area contributed by atoms with E-state index < -0.39 is 11.9 Å². The Balaban J connectivity index is 1.73. The van der Waals surface area contributed by atoms with E-state index >= 15 is 0 Å². The van der Waals surface area contributed by atoms with Crippen molar-refractivity contribution in [1.82, 2.24) is 15.1 Å². The molecule has 3 rings (SSSR count). The molecule has 1 aliphatic rings. The summed E-state index contributed by atoms with van der Waals surface area (Å²) in [4.78, 5) is 13.9. The monoisotopic (exact) mass is 347 g/mol. The maximum Gasteiger partial charge on any atom is 0.435 e. The van der Waals surface area contributed by atoms with Crippen LogP contribution in [0.25, 0.3) is 0 Å². The number of hydrogen-bond donors (Lipinski definition) is 1. The van der Waals surface area contributed by atoms with Gasteiger partial charge in [-0.1, -0.05) is 0 Å². The zero-order valence-corrected chi connectivity index (χ0v) is 12.6. The van der Waals surface area contributed by atoms with Crippen molar-refractivity contribution in [2.75, 3.05) is 13.1 Å². The van der Waals surface area contributed by atoms with Crippen molar-refractivity contribution in [2.24, 2.45) is 0 Å². The molecule has 124 valence electrons. The fourth-order valence-corrected chi connectivity index (χ4v) is 2.84. The Hall–Kier alpha value is -1.96. The van der Waals surface area contributed by atoms with Gasteiger partial charge in [0, 0.05) is 24.7 Å². The molecule has 0 bridgehead atoms. The van der Waals surface area contributed by atoms with E-state index in [-0.39, 0.29) is 22.8 Å². The van der Waals surface area contributed by atoms with E-state index in [4.69, 9.17) is 16.0 Å². The number of furan rings is 1. The molecule has 0 unspecified atom stereocenters. The van der Waals surface area contributed by atoms with Crippen LogP contribution in [0.3, 0.4) is 0 Å². The maximum absolute atomic E-state index is 12.6. The van der Waals surface area contributed by atoms with Gasteiger partial charge in [0.2, 0.25) is 0 Å². The lowest BCUT2D eigenvalue weighted by molar-refractivity contribution is -0.141. The quantitative estimate of drug-likeness (QED) is 0.901. The van der Waals surface area contributed by atoms with Crippen molar-refractivity contribution in [3.05, 3.63) is 40.6 Å². The van der Waals surface area contributed by atoms with Gasteiger partial charge < -0.3 is 9.32 Å². The van der Waals surface area contributed by atoms with Crippen LogP contribution in [-0.4, -0.2) is 34.1 Å². The summed E-state index contributed by atoms with van der Waals surface area (Å²) in [6, 6.07) is 3.95. The minimum absolute atomic E-state index is 0.116. The second-order valence-corrected chi connectivity index (χ2v) is 5.77. The molecular formula is C14H13ClF3N3O2. The molecular weight excluding hydrogens is 335 g/mol. The zero-order chi connectivity index (χ0) is 16.6. The van der Waals surface area contributed by atoms with Crippen LogP contribution in [0, 0.1) is 0 Å². The fourth-order valence-electron chi connectivity index (χ4n) is 2.69. The molecule has 1 N–H and O–H groups in total. The van der Waals surface area contributed by atoms with Crippen molar-refractivity contribution in [3.8, 4) is 0 Å². The van der Waals surface area contributed by atoms with E-state index in [2.05, 4.69) is 10.2 Å². The Kier molecular flexibility index (Phi) is 4.09. The maximum atomic E-state index is 12.6. The van der Waals surface area contributed by atoms with E-state index in [1.807, 2.05) is 0 Å². The van der Waals surface area contributed by atoms with Crippen molar-refractivity contribution >= 4 is 17.5 Å². The summed E-state index contributed by atoms with van der Waals surface area (Å²) in [5.74, 6) is -0.421. The zero-order valence-electron chi connectivity index (χ0n) is 11.9. The summed E-state index contributed by atoms with van der Waals surface area (Å²) in [5.41, 5.74) is -0.568. The highest BCUT2D eigenvalue weighted by Gasteiger charge is 2.35. The van der Waals surface area contributed by atoms with E-state index in [9.17, 15) is 18.0 Å². The second kappa shape index (κ2) is 5.92. The second-order valence-electron chi connectivity index (χ2n) is 5.40. The lowest BCUT2D eigenvalue weighted by Gasteiger charge is -2.31. The number of nitrogens with one attached hydrogen (secondary N) is 1. The van der Waals surface area contributed by atoms with Gasteiger partial charge in [0.15, 0.2) is 16.7 Å². The molecule has 2 aromatic rings. The molecule has 0 radical (unpaired) electrons. The molecule has 0 spiro atoms. The van der Waals surface area contributed by atoms with Crippen molar-refractivity contribution in [2.45, 2.75) is 24.9 Å². The van der Waals surface area contributed by atoms with Crippen molar-refractivity contribution < 1.29 is 22.4 Å². The number of H-pyrrole nitrogens is 1. The largest absolute Gasteiger partial charge is 0.440 e. The van der Waals surface area contributed by atoms with Gasteiger partial charge in [-0.3, -0.25) is 9.89 Å². The molecule has 3 heterocycles. The van der Waals surface area contributed by atoms with Crippen LogP contribution in [0.15, 0.2) is 22.6 Å². The lowest BCUT2D eigenvalue weighted by atomic mass is 9.94. The summed E-state index contributed by atoms with van der Waals surface area (Å²) >= 11 is 5.66. The van der Waals surface area contributed by atoms with Gasteiger partial charge in [0.05, 0.1) is 0 Å². The smallest absolute Gasteiger partial charge is 0.435 e. The van der Waals surface area contributed by atoms with Gasteiger partial charge in [0.25, 0.3) is 5.91 Å². The third-order valence-corrected chi connectivity index (χ3v) is 4.02. The third kappa shape index (κ3) is 3.36. The Labute approximate surface area is 134 Å². The molecule has 1 atom stereocenters. The first kappa shape index (κ1) is 15.9. The average molecular weight is 348 g/mol. The number of halogens is 4. The molecule has 2 aromatic heterocycles. The van der Waals surface area contributed by atoms with E-state index in [1.165, 1.54) is 12.1 Å². The molecule has 0 saturated carbocycles. The molecule has 1 amide bonds. The number of nitrogens with zero attached hydrogens (tertiary/aromatic N) is 2. The number of rotatable bonds is 2. The Morgan fingerprint density at radius 1 is 1.43 bits per heavy atom. The molecule has 1 saturated heterocycles. The topological polar surface area (TPSA) is 62.1 Å². The Morgan fingerprint density at radius 2 is 2.22 bits per heavy atom. The molecule has 5 nitrogen and oxygen atoms in total. The first-order valence-corrected chi connectivity index (χ1v) is 7.39. The first-order valence-electron chi connectivity index (χ1n) is 7.01. The fraction of sp³-hybridized carbons (Fsp3) is 0.429. The number of aromatic nitrogens is 2. The van der Waals surface area contributed by atoms with Gasteiger partial charge >= 0.3 is 6.18 Å². The van der Waals surface area contributed by atoms with E-state index in [0.29, 0.717) is 31.6 Å². The predicted molar refractivity (Wildman–Crippen MR) is 75.2 cm³/mol. The van der Waals surface area contributed by atoms with Crippen LogP contribution < -0.4 is 0 Å². The number of aromatic amines is 1. The van der Waals surface area contributed by atoms with Gasteiger partial charge in [-0.05, 0) is 42.6 Å². The molecule has 1 aliphatic heterocycles. The number of hydrogen-bond acceptors (Lipinski definition) is 3. The van der Waals surface area contributed by atoms with Crippen LogP contribution in [-0.2, 0) is 6.18 Å². The van der Waals surface area contributed by atoms with Crippen LogP contribution in [0.4, 0.5) is 13.2 Å². The van der Waals surface area contributed by atoms with Crippen LogP contribution in [0.2, 0.25) is 5.22 Å². The summed E-state index contributed by atoms with van der Waals surface area (Å²) in [6.07, 6.45) is -3.11. The molecule has 9 heteroatoms. The highest BCUT2D eigenvalue weighted by Crippen LogP contribution is 2.32. The minimum Gasteiger partial charge on any atom is -0.440 e. The van der Waals surface area contributed by atoms with Crippen LogP contribution in [0.1, 0.15) is 40.7 Å².